The van der Waals surface area contributed by atoms with E-state index in [4.69, 9.17) is 5.11 Å². The average molecular weight is 396 g/mol. The van der Waals surface area contributed by atoms with Crippen LogP contribution in [-0.4, -0.2) is 30.9 Å². The van der Waals surface area contributed by atoms with Crippen molar-refractivity contribution in [2.45, 2.75) is 36.4 Å². The fourth-order valence-electron chi connectivity index (χ4n) is 2.21. The summed E-state index contributed by atoms with van der Waals surface area (Å²) in [5.74, 6) is -1.34. The highest BCUT2D eigenvalue weighted by Crippen LogP contribution is 2.21. The lowest BCUT2D eigenvalue weighted by molar-refractivity contribution is -0.137. The average Bonchev–Trinajstić information content (AvgIpc) is 3.08. The summed E-state index contributed by atoms with van der Waals surface area (Å²) in [5.41, 5.74) is -0.156. The van der Waals surface area contributed by atoms with Crippen LogP contribution in [0.15, 0.2) is 46.0 Å². The zero-order valence-electron chi connectivity index (χ0n) is 14.4. The number of amides is 1. The van der Waals surface area contributed by atoms with Crippen LogP contribution in [-0.2, 0) is 14.8 Å². The van der Waals surface area contributed by atoms with Gasteiger partial charge in [0.2, 0.25) is 0 Å². The van der Waals surface area contributed by atoms with E-state index < -0.39 is 27.4 Å². The van der Waals surface area contributed by atoms with Gasteiger partial charge < -0.3 is 10.4 Å². The molecule has 0 spiro atoms. The minimum absolute atomic E-state index is 0.0616. The molecule has 2 aromatic rings. The molecule has 0 fully saturated rings. The van der Waals surface area contributed by atoms with E-state index in [0.29, 0.717) is 0 Å². The van der Waals surface area contributed by atoms with Crippen LogP contribution in [0.1, 0.15) is 37.0 Å². The Morgan fingerprint density at radius 3 is 2.54 bits per heavy atom. The van der Waals surface area contributed by atoms with Crippen LogP contribution in [0.4, 0.5) is 5.69 Å². The third-order valence-corrected chi connectivity index (χ3v) is 6.33. The van der Waals surface area contributed by atoms with E-state index in [1.165, 1.54) is 12.1 Å². The van der Waals surface area contributed by atoms with E-state index >= 15 is 0 Å². The molecule has 0 unspecified atom stereocenters. The molecule has 0 saturated carbocycles. The fraction of sp³-hybridized carbons (Fsp3) is 0.294. The highest BCUT2D eigenvalue weighted by atomic mass is 32.2. The summed E-state index contributed by atoms with van der Waals surface area (Å²) in [6.07, 6.45) is 0.215. The van der Waals surface area contributed by atoms with Crippen LogP contribution in [0.5, 0.6) is 0 Å². The van der Waals surface area contributed by atoms with E-state index in [0.717, 1.165) is 11.3 Å². The molecule has 9 heteroatoms. The number of thiophene rings is 1. The predicted octanol–water partition coefficient (Wildman–Crippen LogP) is 2.92. The van der Waals surface area contributed by atoms with Crippen LogP contribution in [0.25, 0.3) is 0 Å². The number of carboxylic acid groups (broad SMARTS) is 1. The summed E-state index contributed by atoms with van der Waals surface area (Å²) in [5, 5.41) is 13.2. The first-order valence-electron chi connectivity index (χ1n) is 7.80. The van der Waals surface area contributed by atoms with Crippen molar-refractivity contribution in [3.8, 4) is 0 Å². The number of hydrogen-bond acceptors (Lipinski definition) is 5. The molecule has 0 bridgehead atoms. The number of aliphatic carboxylic acids is 1. The van der Waals surface area contributed by atoms with Crippen molar-refractivity contribution in [3.05, 3.63) is 47.3 Å². The Hall–Kier alpha value is -2.39. The monoisotopic (exact) mass is 396 g/mol. The van der Waals surface area contributed by atoms with Gasteiger partial charge in [0, 0.05) is 23.2 Å². The van der Waals surface area contributed by atoms with Crippen LogP contribution in [0.2, 0.25) is 0 Å². The molecular formula is C17H20N2O5S2. The van der Waals surface area contributed by atoms with Gasteiger partial charge >= 0.3 is 5.97 Å². The largest absolute Gasteiger partial charge is 0.481 e. The molecular weight excluding hydrogens is 376 g/mol. The van der Waals surface area contributed by atoms with E-state index in [2.05, 4.69) is 10.0 Å². The normalized spacial score (nSPS) is 11.8. The predicted molar refractivity (Wildman–Crippen MR) is 100.0 cm³/mol. The first-order valence-corrected chi connectivity index (χ1v) is 10.2. The van der Waals surface area contributed by atoms with Crippen LogP contribution in [0.3, 0.4) is 0 Å². The zero-order chi connectivity index (χ0) is 19.4. The highest BCUT2D eigenvalue weighted by Gasteiger charge is 2.23. The van der Waals surface area contributed by atoms with Gasteiger partial charge in [0.25, 0.3) is 15.9 Å². The van der Waals surface area contributed by atoms with Crippen molar-refractivity contribution in [2.24, 2.45) is 0 Å². The molecule has 0 aliphatic carbocycles. The number of sulfonamides is 1. The standard InChI is InChI=1S/C17H20N2O5S2/c1-17(2,9-8-14(20)21)18-16(22)12-5-3-6-13(11-12)19-26(23,24)15-7-4-10-25-15/h3-7,10-11,19H,8-9H2,1-2H3,(H,18,22)(H,20,21). The molecule has 3 N–H and O–H groups in total. The molecule has 1 heterocycles. The van der Waals surface area contributed by atoms with Gasteiger partial charge in [-0.3, -0.25) is 14.3 Å². The second-order valence-electron chi connectivity index (χ2n) is 6.35. The number of nitrogens with one attached hydrogen (secondary N) is 2. The van der Waals surface area contributed by atoms with E-state index in [-0.39, 0.29) is 28.3 Å². The van der Waals surface area contributed by atoms with Crippen molar-refractivity contribution in [3.63, 3.8) is 0 Å². The zero-order valence-corrected chi connectivity index (χ0v) is 16.0. The Balaban J connectivity index is 2.11. The Labute approximate surface area is 156 Å². The molecule has 2 rings (SSSR count). The van der Waals surface area contributed by atoms with Gasteiger partial charge in [0.1, 0.15) is 4.21 Å². The lowest BCUT2D eigenvalue weighted by Gasteiger charge is -2.25. The molecule has 0 aliphatic rings. The number of rotatable bonds is 8. The van der Waals surface area contributed by atoms with Gasteiger partial charge in [-0.05, 0) is 49.9 Å². The number of carbonyl (C=O) groups excluding carboxylic acids is 1. The smallest absolute Gasteiger partial charge is 0.303 e. The van der Waals surface area contributed by atoms with E-state index in [9.17, 15) is 18.0 Å². The van der Waals surface area contributed by atoms with Crippen LogP contribution >= 0.6 is 11.3 Å². The summed E-state index contributed by atoms with van der Waals surface area (Å²) in [7, 11) is -3.69. The molecule has 26 heavy (non-hydrogen) atoms. The maximum absolute atomic E-state index is 12.4. The van der Waals surface area contributed by atoms with Crippen molar-refractivity contribution in [1.29, 1.82) is 0 Å². The highest BCUT2D eigenvalue weighted by molar-refractivity contribution is 7.94. The van der Waals surface area contributed by atoms with Crippen molar-refractivity contribution < 1.29 is 23.1 Å². The second-order valence-corrected chi connectivity index (χ2v) is 9.21. The summed E-state index contributed by atoms with van der Waals surface area (Å²) in [6.45, 7) is 3.47. The molecule has 1 aromatic carbocycles. The van der Waals surface area contributed by atoms with Gasteiger partial charge in [0.05, 0.1) is 0 Å². The van der Waals surface area contributed by atoms with E-state index in [1.807, 2.05) is 0 Å². The Morgan fingerprint density at radius 2 is 1.92 bits per heavy atom. The summed E-state index contributed by atoms with van der Waals surface area (Å²) in [4.78, 5) is 23.1. The first-order chi connectivity index (χ1) is 12.1. The lowest BCUT2D eigenvalue weighted by Crippen LogP contribution is -2.43. The lowest BCUT2D eigenvalue weighted by atomic mass is 9.97. The molecule has 1 aromatic heterocycles. The number of carbonyl (C=O) groups is 2. The Morgan fingerprint density at radius 1 is 1.19 bits per heavy atom. The number of hydrogen-bond donors (Lipinski definition) is 3. The van der Waals surface area contributed by atoms with E-state index in [1.54, 1.807) is 43.5 Å². The van der Waals surface area contributed by atoms with Crippen LogP contribution in [0, 0.1) is 0 Å². The maximum Gasteiger partial charge on any atom is 0.303 e. The summed E-state index contributed by atoms with van der Waals surface area (Å²) in [6, 6.07) is 9.26. The molecule has 7 nitrogen and oxygen atoms in total. The number of anilines is 1. The van der Waals surface area contributed by atoms with Crippen molar-refractivity contribution in [2.75, 3.05) is 4.72 Å². The SMILES string of the molecule is CC(C)(CCC(=O)O)NC(=O)c1cccc(NS(=O)(=O)c2cccs2)c1. The fourth-order valence-corrected chi connectivity index (χ4v) is 4.25. The summed E-state index contributed by atoms with van der Waals surface area (Å²) < 4.78 is 27.2. The quantitative estimate of drug-likeness (QED) is 0.635. The molecule has 0 radical (unpaired) electrons. The minimum Gasteiger partial charge on any atom is -0.481 e. The van der Waals surface area contributed by atoms with Gasteiger partial charge in [-0.25, -0.2) is 8.42 Å². The topological polar surface area (TPSA) is 113 Å². The van der Waals surface area contributed by atoms with Gasteiger partial charge in [0.15, 0.2) is 0 Å². The number of carboxylic acids is 1. The molecule has 140 valence electrons. The molecule has 0 aliphatic heterocycles. The maximum atomic E-state index is 12.4. The van der Waals surface area contributed by atoms with Gasteiger partial charge in [-0.15, -0.1) is 11.3 Å². The number of benzene rings is 1. The van der Waals surface area contributed by atoms with Crippen molar-refractivity contribution >= 4 is 38.9 Å². The van der Waals surface area contributed by atoms with Crippen LogP contribution < -0.4 is 10.0 Å². The third kappa shape index (κ3) is 5.57. The first kappa shape index (κ1) is 19.9. The van der Waals surface area contributed by atoms with Gasteiger partial charge in [-0.1, -0.05) is 12.1 Å². The minimum atomic E-state index is -3.69. The van der Waals surface area contributed by atoms with Crippen molar-refractivity contribution in [1.82, 2.24) is 5.32 Å². The summed E-state index contributed by atoms with van der Waals surface area (Å²) >= 11 is 1.10. The second kappa shape index (κ2) is 7.88. The molecule has 0 atom stereocenters. The van der Waals surface area contributed by atoms with Gasteiger partial charge in [-0.2, -0.15) is 0 Å². The Kier molecular flexibility index (Phi) is 6.04. The third-order valence-electron chi connectivity index (χ3n) is 3.55. The Bertz CT molecular complexity index is 890. The molecule has 1 amide bonds. The molecule has 0 saturated heterocycles.